The first-order valence-electron chi connectivity index (χ1n) is 4.54. The van der Waals surface area contributed by atoms with Crippen LogP contribution in [0, 0.1) is 0 Å². The smallest absolute Gasteiger partial charge is 0.805 e. The second-order valence-corrected chi connectivity index (χ2v) is 4.55. The van der Waals surface area contributed by atoms with Gasteiger partial charge in [0.2, 0.25) is 0 Å². The molecule has 0 unspecified atom stereocenters. The molecule has 0 aliphatic carbocycles. The maximum absolute atomic E-state index is 10.6. The molecule has 15 heavy (non-hydrogen) atoms. The largest absolute Gasteiger partial charge is 1.00 e. The molecule has 0 heterocycles. The van der Waals surface area contributed by atoms with E-state index in [0.29, 0.717) is 6.42 Å². The Labute approximate surface area is 115 Å². The maximum Gasteiger partial charge on any atom is 1.00 e. The van der Waals surface area contributed by atoms with Gasteiger partial charge in [-0.25, -0.2) is 0 Å². The van der Waals surface area contributed by atoms with E-state index in [1.54, 1.807) is 0 Å². The maximum atomic E-state index is 10.6. The first kappa shape index (κ1) is 21.3. The normalized spacial score (nSPS) is 10.1. The number of rotatable bonds is 7. The zero-order valence-corrected chi connectivity index (χ0v) is 10.7. The molecule has 0 rings (SSSR count). The summed E-state index contributed by atoms with van der Waals surface area (Å²) >= 11 is 0. The van der Waals surface area contributed by atoms with Crippen LogP contribution < -0.4 is 47.5 Å². The van der Waals surface area contributed by atoms with E-state index in [0.717, 1.165) is 25.7 Å². The summed E-state index contributed by atoms with van der Waals surface area (Å²) < 4.78 is 10.2. The molecule has 0 aliphatic rings. The minimum absolute atomic E-state index is 0. The summed E-state index contributed by atoms with van der Waals surface area (Å²) in [6.07, 6.45) is 4.38. The van der Waals surface area contributed by atoms with Crippen molar-refractivity contribution >= 4 is 13.1 Å². The summed E-state index contributed by atoms with van der Waals surface area (Å²) in [5.74, 6) is 0. The van der Waals surface area contributed by atoms with Crippen LogP contribution in [-0.2, 0) is 9.36 Å². The number of carbonyl (C=O) groups excluding carboxylic acids is 1. The molecule has 0 saturated heterocycles. The summed E-state index contributed by atoms with van der Waals surface area (Å²) in [7, 11) is -4.95. The average Bonchev–Trinajstić information content (AvgIpc) is 2.02. The van der Waals surface area contributed by atoms with Gasteiger partial charge in [-0.3, -0.25) is 4.79 Å². The first-order chi connectivity index (χ1) is 5.98. The van der Waals surface area contributed by atoms with Crippen molar-refractivity contribution in [3.05, 3.63) is 0 Å². The molecule has 0 bridgehead atoms. The van der Waals surface area contributed by atoms with Gasteiger partial charge in [0.25, 0.3) is 0 Å². The van der Waals surface area contributed by atoms with Gasteiger partial charge < -0.3 is 14.4 Å². The summed E-state index contributed by atoms with van der Waals surface area (Å²) in [6, 6.07) is 0. The third-order valence-electron chi connectivity index (χ3n) is 1.80. The number of unbranched alkanes of at least 4 members (excludes halogenated alkanes) is 4. The van der Waals surface area contributed by atoms with Crippen molar-refractivity contribution in [1.82, 2.24) is 0 Å². The molecule has 0 aliphatic heterocycles. The van der Waals surface area contributed by atoms with E-state index >= 15 is 0 Å². The van der Waals surface area contributed by atoms with Gasteiger partial charge in [0.1, 0.15) is 0 Å². The zero-order chi connectivity index (χ0) is 10.3. The van der Waals surface area contributed by atoms with Crippen LogP contribution in [0.15, 0.2) is 0 Å². The fourth-order valence-corrected chi connectivity index (χ4v) is 1.45. The quantitative estimate of drug-likeness (QED) is 0.244. The number of carbonyl (C=O) groups is 1. The molecule has 7 heteroatoms. The molecule has 4 nitrogen and oxygen atoms in total. The second-order valence-electron chi connectivity index (χ2n) is 3.06. The molecule has 0 atom stereocenters. The Kier molecular flexibility index (Phi) is 16.3. The van der Waals surface area contributed by atoms with Crippen LogP contribution in [0.5, 0.6) is 0 Å². The number of hydrogen-bond acceptors (Lipinski definition) is 4. The Morgan fingerprint density at radius 3 is 1.93 bits per heavy atom. The summed E-state index contributed by atoms with van der Waals surface area (Å²) in [4.78, 5) is 31.0. The van der Waals surface area contributed by atoms with E-state index in [1.165, 1.54) is 0 Å². The van der Waals surface area contributed by atoms with Crippen molar-refractivity contribution in [1.29, 1.82) is 0 Å². The predicted octanol–water partition coefficient (Wildman–Crippen LogP) is -5.20. The molecular weight excluding hydrogens is 205 g/mol. The Morgan fingerprint density at radius 2 is 1.53 bits per heavy atom. The SMILES string of the molecule is CCCCCCCC(=O)P(=O)([O-])[O-].[Li+].[Li+]. The van der Waals surface area contributed by atoms with Crippen LogP contribution >= 0.6 is 7.60 Å². The first-order valence-corrected chi connectivity index (χ1v) is 6.08. The van der Waals surface area contributed by atoms with E-state index in [4.69, 9.17) is 0 Å². The van der Waals surface area contributed by atoms with Gasteiger partial charge >= 0.3 is 37.7 Å². The molecule has 0 saturated carbocycles. The van der Waals surface area contributed by atoms with Crippen molar-refractivity contribution < 1.29 is 56.9 Å². The van der Waals surface area contributed by atoms with Gasteiger partial charge in [-0.15, -0.1) is 0 Å². The van der Waals surface area contributed by atoms with Crippen LogP contribution in [0.2, 0.25) is 0 Å². The molecule has 0 spiro atoms. The summed E-state index contributed by atoms with van der Waals surface area (Å²) in [5, 5.41) is 0. The van der Waals surface area contributed by atoms with E-state index < -0.39 is 13.1 Å². The minimum atomic E-state index is -4.95. The molecule has 0 aromatic carbocycles. The van der Waals surface area contributed by atoms with E-state index in [9.17, 15) is 19.1 Å². The summed E-state index contributed by atoms with van der Waals surface area (Å²) in [5.41, 5.74) is -1.15. The van der Waals surface area contributed by atoms with Gasteiger partial charge in [0.05, 0.1) is 0 Å². The van der Waals surface area contributed by atoms with Crippen LogP contribution in [-0.4, -0.2) is 5.52 Å². The Balaban J connectivity index is -0.000000720. The van der Waals surface area contributed by atoms with Gasteiger partial charge in [-0.1, -0.05) is 32.6 Å². The van der Waals surface area contributed by atoms with Crippen molar-refractivity contribution in [2.75, 3.05) is 0 Å². The molecule has 0 aromatic rings. The third-order valence-corrected chi connectivity index (χ3v) is 2.63. The minimum Gasteiger partial charge on any atom is -0.805 e. The molecule has 0 amide bonds. The van der Waals surface area contributed by atoms with Crippen LogP contribution in [0.25, 0.3) is 0 Å². The average molecular weight is 220 g/mol. The van der Waals surface area contributed by atoms with Crippen molar-refractivity contribution in [2.45, 2.75) is 45.4 Å². The molecule has 0 fully saturated rings. The second kappa shape index (κ2) is 11.5. The Bertz CT molecular complexity index is 205. The van der Waals surface area contributed by atoms with E-state index in [2.05, 4.69) is 6.92 Å². The van der Waals surface area contributed by atoms with Crippen molar-refractivity contribution in [2.24, 2.45) is 0 Å². The Hall–Kier alpha value is 1.01. The van der Waals surface area contributed by atoms with Crippen molar-refractivity contribution in [3.63, 3.8) is 0 Å². The topological polar surface area (TPSA) is 80.3 Å². The number of hydrogen-bond donors (Lipinski definition) is 0. The van der Waals surface area contributed by atoms with E-state index in [1.807, 2.05) is 0 Å². The molecular formula is C8H15Li2O4P. The van der Waals surface area contributed by atoms with Gasteiger partial charge in [-0.05, 0) is 6.42 Å². The monoisotopic (exact) mass is 220 g/mol. The van der Waals surface area contributed by atoms with Crippen LogP contribution in [0.1, 0.15) is 45.4 Å². The van der Waals surface area contributed by atoms with Crippen LogP contribution in [0.3, 0.4) is 0 Å². The standard InChI is InChI=1S/C8H17O4P.2Li/c1-2-3-4-5-6-7-8(9)13(10,11)12;;/h2-7H2,1H3,(H2,10,11,12);;/q;2*+1/p-2. The molecule has 78 valence electrons. The fourth-order valence-electron chi connectivity index (χ4n) is 1.02. The van der Waals surface area contributed by atoms with Gasteiger partial charge in [-0.2, -0.15) is 0 Å². The molecule has 0 radical (unpaired) electrons. The van der Waals surface area contributed by atoms with Gasteiger partial charge in [0, 0.05) is 14.0 Å². The fraction of sp³-hybridized carbons (Fsp3) is 0.875. The third kappa shape index (κ3) is 12.9. The van der Waals surface area contributed by atoms with Crippen molar-refractivity contribution in [3.8, 4) is 0 Å². The van der Waals surface area contributed by atoms with Gasteiger partial charge in [0.15, 0.2) is 5.52 Å². The summed E-state index contributed by atoms with van der Waals surface area (Å²) in [6.45, 7) is 2.06. The zero-order valence-electron chi connectivity index (χ0n) is 9.82. The van der Waals surface area contributed by atoms with E-state index in [-0.39, 0.29) is 44.1 Å². The van der Waals surface area contributed by atoms with Crippen LogP contribution in [0.4, 0.5) is 0 Å². The molecule has 0 N–H and O–H groups in total. The molecule has 0 aromatic heterocycles. The predicted molar refractivity (Wildman–Crippen MR) is 46.0 cm³/mol. The Morgan fingerprint density at radius 1 is 1.07 bits per heavy atom.